The monoisotopic (exact) mass is 635 g/mol. The number of amides is 1. The number of benzene rings is 1. The van der Waals surface area contributed by atoms with Gasteiger partial charge in [-0.2, -0.15) is 8.42 Å². The van der Waals surface area contributed by atoms with Crippen LogP contribution in [0.25, 0.3) is 0 Å². The van der Waals surface area contributed by atoms with Gasteiger partial charge in [-0.15, -0.1) is 0 Å². The third-order valence-corrected chi connectivity index (χ3v) is 15.4. The minimum Gasteiger partial charge on any atom is -0.455 e. The molecule has 0 saturated carbocycles. The number of ether oxygens (including phenoxy) is 1. The Morgan fingerprint density at radius 1 is 1.02 bits per heavy atom. The Balaban J connectivity index is 2.67. The van der Waals surface area contributed by atoms with E-state index in [1.54, 1.807) is 45.9 Å². The van der Waals surface area contributed by atoms with Crippen molar-refractivity contribution >= 4 is 50.0 Å². The van der Waals surface area contributed by atoms with Crippen molar-refractivity contribution < 1.29 is 39.8 Å². The average Bonchev–Trinajstić information content (AvgIpc) is 2.73. The van der Waals surface area contributed by atoms with E-state index in [-0.39, 0.29) is 9.93 Å². The zero-order valence-electron chi connectivity index (χ0n) is 25.0. The van der Waals surface area contributed by atoms with Crippen LogP contribution < -0.4 is 0 Å². The van der Waals surface area contributed by atoms with Crippen LogP contribution in [-0.4, -0.2) is 65.3 Å². The summed E-state index contributed by atoms with van der Waals surface area (Å²) in [6, 6.07) is 7.69. The van der Waals surface area contributed by atoms with Gasteiger partial charge in [0.1, 0.15) is 16.7 Å². The van der Waals surface area contributed by atoms with E-state index in [9.17, 15) is 26.4 Å². The van der Waals surface area contributed by atoms with Gasteiger partial charge in [-0.1, -0.05) is 39.0 Å². The molecule has 3 atom stereocenters. The highest BCUT2D eigenvalue weighted by Gasteiger charge is 2.57. The highest BCUT2D eigenvalue weighted by Crippen LogP contribution is 2.47. The van der Waals surface area contributed by atoms with Crippen LogP contribution in [0.15, 0.2) is 46.7 Å². The van der Waals surface area contributed by atoms with Gasteiger partial charge in [0.25, 0.3) is 0 Å². The summed E-state index contributed by atoms with van der Waals surface area (Å²) in [5.41, 5.74) is -1.49. The first-order chi connectivity index (χ1) is 17.9. The molecule has 1 fully saturated rings. The molecule has 2 rings (SSSR count). The van der Waals surface area contributed by atoms with E-state index in [0.29, 0.717) is 10.8 Å². The summed E-state index contributed by atoms with van der Waals surface area (Å²) in [5, 5.41) is -1.33. The van der Waals surface area contributed by atoms with Crippen molar-refractivity contribution in [2.45, 2.75) is 95.5 Å². The van der Waals surface area contributed by atoms with Gasteiger partial charge in [0.05, 0.1) is 23.2 Å². The van der Waals surface area contributed by atoms with Crippen LogP contribution in [0.4, 0.5) is 0 Å². The summed E-state index contributed by atoms with van der Waals surface area (Å²) in [5.74, 6) is -3.00. The third kappa shape index (κ3) is 8.34. The number of carbonyl (C=O) groups excluding carboxylic acids is 2. The summed E-state index contributed by atoms with van der Waals surface area (Å²) in [4.78, 5) is 28.1. The smallest absolute Gasteiger partial charge is 0.359 e. The molecule has 40 heavy (non-hydrogen) atoms. The fraction of sp³-hybridized carbons (Fsp3) is 0.615. The maximum atomic E-state index is 13.8. The lowest BCUT2D eigenvalue weighted by atomic mass is 9.92. The Labute approximate surface area is 243 Å². The van der Waals surface area contributed by atoms with Gasteiger partial charge in [0, 0.05) is 0 Å². The van der Waals surface area contributed by atoms with Crippen molar-refractivity contribution in [2.24, 2.45) is 5.92 Å². The van der Waals surface area contributed by atoms with E-state index in [4.69, 9.17) is 13.3 Å². The highest BCUT2D eigenvalue weighted by atomic mass is 33.1. The number of carbonyl (C=O) groups is 2. The molecule has 10 nitrogen and oxygen atoms in total. The van der Waals surface area contributed by atoms with Crippen molar-refractivity contribution in [3.63, 3.8) is 0 Å². The van der Waals surface area contributed by atoms with Gasteiger partial charge in [0.15, 0.2) is 14.0 Å². The minimum absolute atomic E-state index is 0.0166. The van der Waals surface area contributed by atoms with Crippen molar-refractivity contribution in [3.8, 4) is 0 Å². The van der Waals surface area contributed by atoms with E-state index < -0.39 is 73.6 Å². The molecular formula is C26H41NO9S3Si. The largest absolute Gasteiger partial charge is 0.455 e. The number of hydrogen-bond acceptors (Lipinski definition) is 10. The second-order valence-corrected chi connectivity index (χ2v) is 22.5. The first kappa shape index (κ1) is 34.3. The second kappa shape index (κ2) is 11.8. The van der Waals surface area contributed by atoms with Gasteiger partial charge in [-0.05, 0) is 75.7 Å². The van der Waals surface area contributed by atoms with Crippen molar-refractivity contribution in [1.29, 1.82) is 0 Å². The molecule has 0 N–H and O–H groups in total. The maximum absolute atomic E-state index is 13.8. The molecule has 1 aliphatic heterocycles. The Kier molecular flexibility index (Phi) is 10.1. The van der Waals surface area contributed by atoms with Crippen molar-refractivity contribution in [1.82, 2.24) is 4.90 Å². The molecule has 1 aromatic carbocycles. The molecule has 0 radical (unpaired) electrons. The number of esters is 1. The third-order valence-electron chi connectivity index (χ3n) is 6.58. The fourth-order valence-corrected chi connectivity index (χ4v) is 9.39. The van der Waals surface area contributed by atoms with Crippen LogP contribution in [0.3, 0.4) is 0 Å². The van der Waals surface area contributed by atoms with Gasteiger partial charge in [-0.3, -0.25) is 9.69 Å². The van der Waals surface area contributed by atoms with Gasteiger partial charge in [0.2, 0.25) is 14.8 Å². The molecule has 1 aromatic rings. The molecule has 1 heterocycles. The first-order valence-electron chi connectivity index (χ1n) is 12.7. The number of nitrogens with zero attached hydrogens (tertiary/aromatic N) is 1. The minimum atomic E-state index is -4.09. The molecule has 1 amide bonds. The molecule has 14 heteroatoms. The average molecular weight is 636 g/mol. The molecule has 0 spiro atoms. The van der Waals surface area contributed by atoms with E-state index in [2.05, 4.69) is 0 Å². The van der Waals surface area contributed by atoms with E-state index >= 15 is 0 Å². The standard InChI is InChI=1S/C26H41NO9S3Si/c1-17(36-40(10,11)26(6,7)8)20-22(28)27(23(20)37-39(32,33)19-15-13-12-14-16-19)21(18(2)35-38(9,30)31)24(29)34-25(3,4)5/h12-17,20,23H,1-11H3/b21-18-/t17-,20+,23-/m1/s1. The van der Waals surface area contributed by atoms with Crippen LogP contribution >= 0.6 is 10.8 Å². The first-order valence-corrected chi connectivity index (χ1v) is 20.3. The summed E-state index contributed by atoms with van der Waals surface area (Å²) in [6.45, 7) is 17.9. The topological polar surface area (TPSA) is 133 Å². The Morgan fingerprint density at radius 3 is 2.00 bits per heavy atom. The Hall–Kier alpha value is -1.87. The molecule has 0 unspecified atom stereocenters. The summed E-state index contributed by atoms with van der Waals surface area (Å²) in [7, 11) is -10.0. The lowest BCUT2D eigenvalue weighted by Gasteiger charge is -2.50. The van der Waals surface area contributed by atoms with Crippen LogP contribution in [0.1, 0.15) is 55.4 Å². The molecular weight excluding hydrogens is 595 g/mol. The van der Waals surface area contributed by atoms with Crippen LogP contribution in [0.2, 0.25) is 18.1 Å². The van der Waals surface area contributed by atoms with Gasteiger partial charge >= 0.3 is 16.1 Å². The zero-order valence-corrected chi connectivity index (χ0v) is 28.4. The van der Waals surface area contributed by atoms with Crippen LogP contribution in [0, 0.1) is 5.92 Å². The summed E-state index contributed by atoms with van der Waals surface area (Å²) in [6.07, 6.45) is 0.0923. The molecule has 226 valence electrons. The maximum Gasteiger partial charge on any atom is 0.359 e. The lowest BCUT2D eigenvalue weighted by Crippen LogP contribution is -2.65. The van der Waals surface area contributed by atoms with E-state index in [0.717, 1.165) is 11.2 Å². The number of hydrogen-bond donors (Lipinski definition) is 0. The molecule has 1 saturated heterocycles. The number of rotatable bonds is 10. The normalized spacial score (nSPS) is 20.4. The molecule has 1 aliphatic rings. The van der Waals surface area contributed by atoms with Crippen LogP contribution in [-0.2, 0) is 41.9 Å². The van der Waals surface area contributed by atoms with E-state index in [1.807, 2.05) is 33.9 Å². The summed E-state index contributed by atoms with van der Waals surface area (Å²) < 4.78 is 67.8. The quantitative estimate of drug-likeness (QED) is 0.0668. The lowest BCUT2D eigenvalue weighted by molar-refractivity contribution is -0.163. The molecule has 0 bridgehead atoms. The fourth-order valence-electron chi connectivity index (χ4n) is 3.75. The van der Waals surface area contributed by atoms with Gasteiger partial charge < -0.3 is 13.3 Å². The SMILES string of the molecule is C/C(OS(C)(=O)=O)=C(\C(=O)OC(C)(C)C)N1C(=O)[C@H]([C@@H](C)O[Si](C)(C)C(C)(C)C)[C@H]1SS(=O)(=O)c1ccccc1. The number of likely N-dealkylation sites (tertiary alicyclic amines) is 1. The highest BCUT2D eigenvalue weighted by molar-refractivity contribution is 8.72. The van der Waals surface area contributed by atoms with Crippen molar-refractivity contribution in [2.75, 3.05) is 6.26 Å². The summed E-state index contributed by atoms with van der Waals surface area (Å²) >= 11 is 0. The van der Waals surface area contributed by atoms with Crippen molar-refractivity contribution in [3.05, 3.63) is 41.8 Å². The zero-order chi connectivity index (χ0) is 31.1. The predicted octanol–water partition coefficient (Wildman–Crippen LogP) is 4.85. The second-order valence-electron chi connectivity index (χ2n) is 12.3. The van der Waals surface area contributed by atoms with Gasteiger partial charge in [-0.25, -0.2) is 13.2 Å². The Morgan fingerprint density at radius 2 is 1.55 bits per heavy atom. The molecule has 0 aliphatic carbocycles. The van der Waals surface area contributed by atoms with Crippen LogP contribution in [0.5, 0.6) is 0 Å². The molecule has 0 aromatic heterocycles. The number of β-lactam (4-membered cyclic amide) rings is 1. The van der Waals surface area contributed by atoms with E-state index in [1.165, 1.54) is 19.1 Å². The number of allylic oxidation sites excluding steroid dienone is 1. The Bertz CT molecular complexity index is 1360. The predicted molar refractivity (Wildman–Crippen MR) is 158 cm³/mol.